The first-order valence-electron chi connectivity index (χ1n) is 7.25. The van der Waals surface area contributed by atoms with Crippen LogP contribution in [-0.2, 0) is 16.0 Å². The number of aliphatic carboxylic acids is 1. The Balaban J connectivity index is 1.80. The summed E-state index contributed by atoms with van der Waals surface area (Å²) in [5, 5.41) is 11.9. The lowest BCUT2D eigenvalue weighted by atomic mass is 10.0. The Bertz CT molecular complexity index is 498. The molecule has 114 valence electrons. The normalized spacial score (nSPS) is 21.0. The van der Waals surface area contributed by atoms with E-state index in [-0.39, 0.29) is 11.9 Å². The predicted molar refractivity (Wildman–Crippen MR) is 78.2 cm³/mol. The van der Waals surface area contributed by atoms with Crippen molar-refractivity contribution in [1.29, 1.82) is 0 Å². The number of rotatable bonds is 6. The second-order valence-electron chi connectivity index (χ2n) is 5.40. The van der Waals surface area contributed by atoms with Gasteiger partial charge in [0.1, 0.15) is 5.75 Å². The maximum atomic E-state index is 11.9. The lowest BCUT2D eigenvalue weighted by Crippen LogP contribution is -2.40. The van der Waals surface area contributed by atoms with Crippen molar-refractivity contribution < 1.29 is 19.4 Å². The molecular weight excluding hydrogens is 270 g/mol. The Labute approximate surface area is 124 Å². The zero-order valence-electron chi connectivity index (χ0n) is 12.2. The van der Waals surface area contributed by atoms with Gasteiger partial charge in [-0.05, 0) is 37.0 Å². The van der Waals surface area contributed by atoms with E-state index < -0.39 is 11.9 Å². The molecule has 1 aromatic carbocycles. The van der Waals surface area contributed by atoms with Crippen LogP contribution in [0.3, 0.4) is 0 Å². The van der Waals surface area contributed by atoms with Crippen LogP contribution in [0.15, 0.2) is 24.3 Å². The quantitative estimate of drug-likeness (QED) is 0.840. The molecule has 2 atom stereocenters. The SMILES string of the molecule is COc1ccc(CCC(=O)N[C@@H]2CCC[C@@H]2C(=O)O)cc1. The number of aryl methyl sites for hydroxylation is 1. The standard InChI is InChI=1S/C16H21NO4/c1-21-12-8-5-11(6-9-12)7-10-15(18)17-14-4-2-3-13(14)16(19)20/h5-6,8-9,13-14H,2-4,7,10H2,1H3,(H,17,18)(H,19,20)/t13-,14+/m0/s1. The van der Waals surface area contributed by atoms with E-state index in [1.165, 1.54) is 0 Å². The zero-order chi connectivity index (χ0) is 15.2. The molecule has 1 saturated carbocycles. The highest BCUT2D eigenvalue weighted by Crippen LogP contribution is 2.25. The third-order valence-electron chi connectivity index (χ3n) is 3.98. The highest BCUT2D eigenvalue weighted by molar-refractivity contribution is 5.78. The van der Waals surface area contributed by atoms with Gasteiger partial charge in [0.05, 0.1) is 13.0 Å². The fourth-order valence-corrected chi connectivity index (χ4v) is 2.76. The second-order valence-corrected chi connectivity index (χ2v) is 5.40. The van der Waals surface area contributed by atoms with E-state index in [1.807, 2.05) is 24.3 Å². The van der Waals surface area contributed by atoms with Crippen molar-refractivity contribution in [2.45, 2.75) is 38.1 Å². The van der Waals surface area contributed by atoms with Crippen molar-refractivity contribution in [2.75, 3.05) is 7.11 Å². The number of carboxylic acid groups (broad SMARTS) is 1. The third kappa shape index (κ3) is 4.21. The summed E-state index contributed by atoms with van der Waals surface area (Å²) >= 11 is 0. The molecule has 1 amide bonds. The summed E-state index contributed by atoms with van der Waals surface area (Å²) in [5.41, 5.74) is 1.06. The molecule has 2 rings (SSSR count). The van der Waals surface area contributed by atoms with E-state index in [0.717, 1.165) is 24.2 Å². The number of methoxy groups -OCH3 is 1. The molecule has 0 saturated heterocycles. The lowest BCUT2D eigenvalue weighted by Gasteiger charge is -2.17. The molecule has 0 unspecified atom stereocenters. The van der Waals surface area contributed by atoms with Crippen LogP contribution in [0.5, 0.6) is 5.75 Å². The largest absolute Gasteiger partial charge is 0.497 e. The van der Waals surface area contributed by atoms with Crippen LogP contribution in [0.25, 0.3) is 0 Å². The smallest absolute Gasteiger partial charge is 0.308 e. The summed E-state index contributed by atoms with van der Waals surface area (Å²) in [5.74, 6) is -0.537. The van der Waals surface area contributed by atoms with Gasteiger partial charge in [-0.15, -0.1) is 0 Å². The first kappa shape index (κ1) is 15.4. The number of hydrogen-bond donors (Lipinski definition) is 2. The Morgan fingerprint density at radius 1 is 1.29 bits per heavy atom. The topological polar surface area (TPSA) is 75.6 Å². The average molecular weight is 291 g/mol. The average Bonchev–Trinajstić information content (AvgIpc) is 2.94. The Hall–Kier alpha value is -2.04. The first-order valence-corrected chi connectivity index (χ1v) is 7.25. The van der Waals surface area contributed by atoms with Crippen molar-refractivity contribution in [1.82, 2.24) is 5.32 Å². The molecule has 0 aromatic heterocycles. The molecule has 5 heteroatoms. The Morgan fingerprint density at radius 2 is 2.00 bits per heavy atom. The number of benzene rings is 1. The molecule has 2 N–H and O–H groups in total. The van der Waals surface area contributed by atoms with Gasteiger partial charge in [0, 0.05) is 12.5 Å². The van der Waals surface area contributed by atoms with E-state index in [4.69, 9.17) is 9.84 Å². The molecule has 1 aliphatic carbocycles. The number of nitrogens with one attached hydrogen (secondary N) is 1. The summed E-state index contributed by atoms with van der Waals surface area (Å²) < 4.78 is 5.08. The summed E-state index contributed by atoms with van der Waals surface area (Å²) in [6, 6.07) is 7.38. The summed E-state index contributed by atoms with van der Waals surface area (Å²) in [6.07, 6.45) is 3.28. The summed E-state index contributed by atoms with van der Waals surface area (Å²) in [6.45, 7) is 0. The van der Waals surface area contributed by atoms with E-state index in [9.17, 15) is 9.59 Å². The minimum absolute atomic E-state index is 0.0797. The van der Waals surface area contributed by atoms with Crippen molar-refractivity contribution in [3.8, 4) is 5.75 Å². The molecule has 1 aliphatic rings. The van der Waals surface area contributed by atoms with Crippen LogP contribution in [0.4, 0.5) is 0 Å². The number of carbonyl (C=O) groups excluding carboxylic acids is 1. The van der Waals surface area contributed by atoms with Gasteiger partial charge in [0.25, 0.3) is 0 Å². The number of ether oxygens (including phenoxy) is 1. The molecule has 5 nitrogen and oxygen atoms in total. The number of carbonyl (C=O) groups is 2. The molecule has 0 spiro atoms. The lowest BCUT2D eigenvalue weighted by molar-refractivity contribution is -0.142. The van der Waals surface area contributed by atoms with Crippen LogP contribution in [0.2, 0.25) is 0 Å². The highest BCUT2D eigenvalue weighted by atomic mass is 16.5. The van der Waals surface area contributed by atoms with E-state index >= 15 is 0 Å². The van der Waals surface area contributed by atoms with Gasteiger partial charge in [0.15, 0.2) is 0 Å². The van der Waals surface area contributed by atoms with Gasteiger partial charge in [-0.1, -0.05) is 18.6 Å². The van der Waals surface area contributed by atoms with Crippen molar-refractivity contribution in [2.24, 2.45) is 5.92 Å². The monoisotopic (exact) mass is 291 g/mol. The van der Waals surface area contributed by atoms with Crippen molar-refractivity contribution in [3.05, 3.63) is 29.8 Å². The minimum Gasteiger partial charge on any atom is -0.497 e. The molecule has 0 bridgehead atoms. The van der Waals surface area contributed by atoms with Gasteiger partial charge >= 0.3 is 5.97 Å². The van der Waals surface area contributed by atoms with Gasteiger partial charge < -0.3 is 15.2 Å². The number of hydrogen-bond acceptors (Lipinski definition) is 3. The van der Waals surface area contributed by atoms with Gasteiger partial charge in [-0.2, -0.15) is 0 Å². The third-order valence-corrected chi connectivity index (χ3v) is 3.98. The Kier molecular flexibility index (Phi) is 5.20. The number of amides is 1. The highest BCUT2D eigenvalue weighted by Gasteiger charge is 2.33. The fourth-order valence-electron chi connectivity index (χ4n) is 2.76. The summed E-state index contributed by atoms with van der Waals surface area (Å²) in [7, 11) is 1.61. The predicted octanol–water partition coefficient (Wildman–Crippen LogP) is 2.00. The van der Waals surface area contributed by atoms with E-state index in [1.54, 1.807) is 7.11 Å². The van der Waals surface area contributed by atoms with Crippen LogP contribution in [-0.4, -0.2) is 30.1 Å². The van der Waals surface area contributed by atoms with Crippen LogP contribution in [0, 0.1) is 5.92 Å². The fraction of sp³-hybridized carbons (Fsp3) is 0.500. The van der Waals surface area contributed by atoms with Crippen molar-refractivity contribution in [3.63, 3.8) is 0 Å². The molecule has 0 aliphatic heterocycles. The van der Waals surface area contributed by atoms with E-state index in [2.05, 4.69) is 5.32 Å². The molecule has 0 radical (unpaired) electrons. The van der Waals surface area contributed by atoms with Crippen molar-refractivity contribution >= 4 is 11.9 Å². The number of carboxylic acids is 1. The van der Waals surface area contributed by atoms with Crippen LogP contribution in [0.1, 0.15) is 31.2 Å². The molecule has 1 fully saturated rings. The summed E-state index contributed by atoms with van der Waals surface area (Å²) in [4.78, 5) is 23.0. The maximum Gasteiger partial charge on any atom is 0.308 e. The van der Waals surface area contributed by atoms with Crippen LogP contribution < -0.4 is 10.1 Å². The molecule has 1 aromatic rings. The first-order chi connectivity index (χ1) is 10.1. The maximum absolute atomic E-state index is 11.9. The van der Waals surface area contributed by atoms with Crippen LogP contribution >= 0.6 is 0 Å². The molecule has 0 heterocycles. The zero-order valence-corrected chi connectivity index (χ0v) is 12.2. The minimum atomic E-state index is -0.812. The van der Waals surface area contributed by atoms with E-state index in [0.29, 0.717) is 19.3 Å². The molecule has 21 heavy (non-hydrogen) atoms. The van der Waals surface area contributed by atoms with Gasteiger partial charge in [-0.25, -0.2) is 0 Å². The van der Waals surface area contributed by atoms with Gasteiger partial charge in [-0.3, -0.25) is 9.59 Å². The van der Waals surface area contributed by atoms with Gasteiger partial charge in [0.2, 0.25) is 5.91 Å². The Morgan fingerprint density at radius 3 is 2.62 bits per heavy atom. The second kappa shape index (κ2) is 7.11. The molecular formula is C16H21NO4.